The van der Waals surface area contributed by atoms with E-state index < -0.39 is 0 Å². The number of hydrogen-bond donors (Lipinski definition) is 1. The normalized spacial score (nSPS) is 10.2. The molecule has 0 bridgehead atoms. The molecule has 1 heterocycles. The summed E-state index contributed by atoms with van der Waals surface area (Å²) in [5.74, 6) is 0.190. The Balaban J connectivity index is 2.52. The molecule has 2 rings (SSSR count). The fourth-order valence-corrected chi connectivity index (χ4v) is 1.83. The van der Waals surface area contributed by atoms with Crippen LogP contribution in [0, 0.1) is 0 Å². The summed E-state index contributed by atoms with van der Waals surface area (Å²) in [5.41, 5.74) is 0.659. The summed E-state index contributed by atoms with van der Waals surface area (Å²) in [5, 5.41) is 17.6. The molecule has 0 fully saturated rings. The maximum absolute atomic E-state index is 9.47. The smallest absolute Gasteiger partial charge is 0.207 e. The lowest BCUT2D eigenvalue weighted by molar-refractivity contribution is 0.477. The van der Waals surface area contributed by atoms with Crippen LogP contribution in [0.2, 0.25) is 4.47 Å². The summed E-state index contributed by atoms with van der Waals surface area (Å²) in [6.45, 7) is 0. The molecular weight excluding hydrogens is 208 g/mol. The van der Waals surface area contributed by atoms with Gasteiger partial charge < -0.3 is 5.11 Å². The molecule has 5 heteroatoms. The second-order valence-electron chi connectivity index (χ2n) is 2.38. The van der Waals surface area contributed by atoms with Crippen LogP contribution in [0.25, 0.3) is 10.6 Å². The number of hydrogen-bond acceptors (Lipinski definition) is 4. The number of nitrogens with zero attached hydrogens (tertiary/aromatic N) is 2. The van der Waals surface area contributed by atoms with Gasteiger partial charge in [0.05, 0.1) is 5.56 Å². The molecule has 0 unspecified atom stereocenters. The molecular formula is C8H5ClN2OS. The van der Waals surface area contributed by atoms with Crippen molar-refractivity contribution in [3.63, 3.8) is 0 Å². The van der Waals surface area contributed by atoms with Crippen LogP contribution in [0.5, 0.6) is 5.75 Å². The van der Waals surface area contributed by atoms with Gasteiger partial charge in [-0.1, -0.05) is 23.5 Å². The topological polar surface area (TPSA) is 46.0 Å². The number of aromatic hydroxyl groups is 1. The van der Waals surface area contributed by atoms with E-state index in [1.54, 1.807) is 18.2 Å². The first kappa shape index (κ1) is 8.47. The van der Waals surface area contributed by atoms with Crippen LogP contribution in [0.4, 0.5) is 0 Å². The zero-order valence-electron chi connectivity index (χ0n) is 6.44. The van der Waals surface area contributed by atoms with Gasteiger partial charge in [-0.05, 0) is 23.7 Å². The zero-order valence-corrected chi connectivity index (χ0v) is 8.01. The minimum Gasteiger partial charge on any atom is -0.507 e. The molecule has 2 aromatic rings. The summed E-state index contributed by atoms with van der Waals surface area (Å²) >= 11 is 6.86. The van der Waals surface area contributed by atoms with E-state index in [1.807, 2.05) is 6.07 Å². The highest BCUT2D eigenvalue weighted by Crippen LogP contribution is 2.31. The Bertz CT molecular complexity index is 430. The lowest BCUT2D eigenvalue weighted by atomic mass is 10.2. The number of phenolic OH excluding ortho intramolecular Hbond substituents is 1. The van der Waals surface area contributed by atoms with Gasteiger partial charge in [0.25, 0.3) is 0 Å². The summed E-state index contributed by atoms with van der Waals surface area (Å²) < 4.78 is 0.373. The van der Waals surface area contributed by atoms with Crippen molar-refractivity contribution in [3.05, 3.63) is 28.7 Å². The van der Waals surface area contributed by atoms with Crippen LogP contribution in [-0.4, -0.2) is 15.3 Å². The van der Waals surface area contributed by atoms with Gasteiger partial charge in [0.1, 0.15) is 5.75 Å². The second-order valence-corrected chi connectivity index (χ2v) is 3.94. The largest absolute Gasteiger partial charge is 0.507 e. The molecule has 66 valence electrons. The van der Waals surface area contributed by atoms with Crippen molar-refractivity contribution in [1.29, 1.82) is 0 Å². The number of halogens is 1. The highest BCUT2D eigenvalue weighted by Gasteiger charge is 2.08. The van der Waals surface area contributed by atoms with Gasteiger partial charge in [-0.2, -0.15) is 0 Å². The Morgan fingerprint density at radius 1 is 1.23 bits per heavy atom. The monoisotopic (exact) mass is 212 g/mol. The first-order valence-electron chi connectivity index (χ1n) is 3.55. The zero-order chi connectivity index (χ0) is 9.26. The maximum atomic E-state index is 9.47. The molecule has 1 N–H and O–H groups in total. The minimum absolute atomic E-state index is 0.190. The summed E-state index contributed by atoms with van der Waals surface area (Å²) in [6, 6.07) is 6.95. The Labute approximate surface area is 83.6 Å². The summed E-state index contributed by atoms with van der Waals surface area (Å²) in [6.07, 6.45) is 0. The number of phenols is 1. The SMILES string of the molecule is Oc1ccccc1-c1nnc(Cl)s1. The van der Waals surface area contributed by atoms with Crippen molar-refractivity contribution in [3.8, 4) is 16.3 Å². The fraction of sp³-hybridized carbons (Fsp3) is 0. The number of benzene rings is 1. The van der Waals surface area contributed by atoms with Crippen molar-refractivity contribution in [1.82, 2.24) is 10.2 Å². The molecule has 0 atom stereocenters. The molecule has 0 aliphatic carbocycles. The number of rotatable bonds is 1. The first-order valence-corrected chi connectivity index (χ1v) is 4.74. The minimum atomic E-state index is 0.190. The van der Waals surface area contributed by atoms with Gasteiger partial charge in [0, 0.05) is 0 Å². The van der Waals surface area contributed by atoms with E-state index in [-0.39, 0.29) is 5.75 Å². The Hall–Kier alpha value is -1.13. The van der Waals surface area contributed by atoms with E-state index >= 15 is 0 Å². The van der Waals surface area contributed by atoms with E-state index in [1.165, 1.54) is 11.3 Å². The van der Waals surface area contributed by atoms with Gasteiger partial charge in [-0.25, -0.2) is 0 Å². The van der Waals surface area contributed by atoms with Crippen molar-refractivity contribution in [2.24, 2.45) is 0 Å². The van der Waals surface area contributed by atoms with Crippen molar-refractivity contribution in [2.45, 2.75) is 0 Å². The van der Waals surface area contributed by atoms with Crippen LogP contribution < -0.4 is 0 Å². The number of para-hydroxylation sites is 1. The van der Waals surface area contributed by atoms with Crippen LogP contribution in [-0.2, 0) is 0 Å². The average molecular weight is 213 g/mol. The Morgan fingerprint density at radius 2 is 2.00 bits per heavy atom. The standard InChI is InChI=1S/C8H5ClN2OS/c9-8-11-10-7(13-8)5-3-1-2-4-6(5)12/h1-4,12H. The van der Waals surface area contributed by atoms with Gasteiger partial charge in [0.2, 0.25) is 4.47 Å². The fourth-order valence-electron chi connectivity index (χ4n) is 0.969. The predicted octanol–water partition coefficient (Wildman–Crippen LogP) is 2.56. The van der Waals surface area contributed by atoms with Crippen LogP contribution in [0.1, 0.15) is 0 Å². The maximum Gasteiger partial charge on any atom is 0.207 e. The molecule has 0 saturated heterocycles. The molecule has 0 radical (unpaired) electrons. The second kappa shape index (κ2) is 3.32. The van der Waals surface area contributed by atoms with E-state index in [0.717, 1.165) is 0 Å². The molecule has 0 saturated carbocycles. The molecule has 0 amide bonds. The quantitative estimate of drug-likeness (QED) is 0.790. The molecule has 0 aliphatic heterocycles. The molecule has 0 spiro atoms. The predicted molar refractivity (Wildman–Crippen MR) is 52.0 cm³/mol. The Morgan fingerprint density at radius 3 is 2.62 bits per heavy atom. The van der Waals surface area contributed by atoms with E-state index in [4.69, 9.17) is 11.6 Å². The van der Waals surface area contributed by atoms with E-state index in [9.17, 15) is 5.11 Å². The van der Waals surface area contributed by atoms with Crippen molar-refractivity contribution in [2.75, 3.05) is 0 Å². The summed E-state index contributed by atoms with van der Waals surface area (Å²) in [4.78, 5) is 0. The highest BCUT2D eigenvalue weighted by molar-refractivity contribution is 7.18. The van der Waals surface area contributed by atoms with Crippen LogP contribution in [0.3, 0.4) is 0 Å². The lowest BCUT2D eigenvalue weighted by Crippen LogP contribution is -1.76. The Kier molecular flexibility index (Phi) is 2.16. The highest BCUT2D eigenvalue weighted by atomic mass is 35.5. The third-order valence-corrected chi connectivity index (χ3v) is 2.59. The molecule has 1 aromatic carbocycles. The third-order valence-electron chi connectivity index (χ3n) is 1.53. The van der Waals surface area contributed by atoms with Gasteiger partial charge in [0.15, 0.2) is 5.01 Å². The van der Waals surface area contributed by atoms with Gasteiger partial charge in [-0.3, -0.25) is 0 Å². The van der Waals surface area contributed by atoms with Crippen LogP contribution >= 0.6 is 22.9 Å². The van der Waals surface area contributed by atoms with Crippen LogP contribution in [0.15, 0.2) is 24.3 Å². The van der Waals surface area contributed by atoms with E-state index in [0.29, 0.717) is 15.0 Å². The molecule has 3 nitrogen and oxygen atoms in total. The van der Waals surface area contributed by atoms with Crippen molar-refractivity contribution < 1.29 is 5.11 Å². The third kappa shape index (κ3) is 1.64. The first-order chi connectivity index (χ1) is 6.27. The lowest BCUT2D eigenvalue weighted by Gasteiger charge is -1.97. The number of aromatic nitrogens is 2. The average Bonchev–Trinajstić information content (AvgIpc) is 2.53. The molecule has 0 aliphatic rings. The molecule has 13 heavy (non-hydrogen) atoms. The summed E-state index contributed by atoms with van der Waals surface area (Å²) in [7, 11) is 0. The molecule has 1 aromatic heterocycles. The van der Waals surface area contributed by atoms with Gasteiger partial charge >= 0.3 is 0 Å². The van der Waals surface area contributed by atoms with Gasteiger partial charge in [-0.15, -0.1) is 10.2 Å². The van der Waals surface area contributed by atoms with Crippen molar-refractivity contribution >= 4 is 22.9 Å². The van der Waals surface area contributed by atoms with E-state index in [2.05, 4.69) is 10.2 Å².